The summed E-state index contributed by atoms with van der Waals surface area (Å²) in [4.78, 5) is 20.7. The topological polar surface area (TPSA) is 37.6 Å². The zero-order chi connectivity index (χ0) is 16.5. The van der Waals surface area contributed by atoms with E-state index in [0.29, 0.717) is 6.04 Å². The molecule has 1 saturated heterocycles. The Kier molecular flexibility index (Phi) is 4.21. The van der Waals surface area contributed by atoms with E-state index in [1.165, 1.54) is 30.6 Å². The quantitative estimate of drug-likeness (QED) is 0.728. The van der Waals surface area contributed by atoms with Gasteiger partial charge in [0.15, 0.2) is 4.96 Å². The fraction of sp³-hybridized carbons (Fsp3) is 0.368. The van der Waals surface area contributed by atoms with Crippen molar-refractivity contribution in [3.05, 3.63) is 57.8 Å². The van der Waals surface area contributed by atoms with Gasteiger partial charge in [-0.25, -0.2) is 4.98 Å². The third-order valence-corrected chi connectivity index (χ3v) is 5.66. The van der Waals surface area contributed by atoms with Gasteiger partial charge in [-0.1, -0.05) is 36.8 Å². The first-order valence-electron chi connectivity index (χ1n) is 8.52. The molecule has 0 bridgehead atoms. The smallest absolute Gasteiger partial charge is 0.259 e. The average molecular weight is 339 g/mol. The van der Waals surface area contributed by atoms with Gasteiger partial charge in [0.1, 0.15) is 0 Å². The molecule has 2 aromatic heterocycles. The normalized spacial score (nSPS) is 19.0. The summed E-state index contributed by atoms with van der Waals surface area (Å²) in [6.45, 7) is 4.14. The molecule has 1 aromatic carbocycles. The summed E-state index contributed by atoms with van der Waals surface area (Å²) in [7, 11) is 0. The Morgan fingerprint density at radius 2 is 2.08 bits per heavy atom. The molecule has 0 amide bonds. The third-order valence-electron chi connectivity index (χ3n) is 4.83. The van der Waals surface area contributed by atoms with E-state index in [4.69, 9.17) is 4.98 Å². The van der Waals surface area contributed by atoms with Crippen molar-refractivity contribution in [2.45, 2.75) is 38.8 Å². The zero-order valence-corrected chi connectivity index (χ0v) is 14.6. The molecule has 4 nitrogen and oxygen atoms in total. The molecule has 1 atom stereocenters. The lowest BCUT2D eigenvalue weighted by molar-refractivity contribution is 0.151. The van der Waals surface area contributed by atoms with E-state index >= 15 is 0 Å². The molecule has 1 aliphatic rings. The van der Waals surface area contributed by atoms with Gasteiger partial charge >= 0.3 is 0 Å². The number of aromatic nitrogens is 2. The van der Waals surface area contributed by atoms with E-state index < -0.39 is 0 Å². The molecule has 24 heavy (non-hydrogen) atoms. The largest absolute Gasteiger partial charge is 0.295 e. The molecule has 0 N–H and O–H groups in total. The lowest BCUT2D eigenvalue weighted by Crippen LogP contribution is -2.37. The van der Waals surface area contributed by atoms with Gasteiger partial charge in [0.25, 0.3) is 5.56 Å². The summed E-state index contributed by atoms with van der Waals surface area (Å²) in [5, 5.41) is 2.02. The van der Waals surface area contributed by atoms with Crippen LogP contribution >= 0.6 is 11.3 Å². The maximum absolute atomic E-state index is 12.7. The first-order chi connectivity index (χ1) is 11.7. The van der Waals surface area contributed by atoms with Crippen molar-refractivity contribution >= 4 is 16.3 Å². The molecule has 124 valence electrons. The van der Waals surface area contributed by atoms with Crippen LogP contribution in [0.2, 0.25) is 0 Å². The predicted molar refractivity (Wildman–Crippen MR) is 98.5 cm³/mol. The molecular weight excluding hydrogens is 318 g/mol. The Morgan fingerprint density at radius 1 is 1.25 bits per heavy atom. The minimum atomic E-state index is 0.0137. The number of fused-ring (bicyclic) bond motifs is 1. The van der Waals surface area contributed by atoms with Gasteiger partial charge in [0, 0.05) is 24.0 Å². The number of nitrogens with zero attached hydrogens (tertiary/aromatic N) is 3. The average Bonchev–Trinajstić information content (AvgIpc) is 3.02. The van der Waals surface area contributed by atoms with Gasteiger partial charge < -0.3 is 0 Å². The van der Waals surface area contributed by atoms with Crippen LogP contribution in [-0.4, -0.2) is 26.9 Å². The van der Waals surface area contributed by atoms with Crippen LogP contribution in [0.25, 0.3) is 16.2 Å². The van der Waals surface area contributed by atoms with E-state index in [1.54, 1.807) is 10.5 Å². The molecule has 1 fully saturated rings. The maximum atomic E-state index is 12.7. The molecule has 0 aliphatic carbocycles. The van der Waals surface area contributed by atoms with Gasteiger partial charge in [-0.15, -0.1) is 11.3 Å². The minimum Gasteiger partial charge on any atom is -0.295 e. The van der Waals surface area contributed by atoms with Crippen molar-refractivity contribution in [2.24, 2.45) is 0 Å². The van der Waals surface area contributed by atoms with Crippen molar-refractivity contribution in [1.82, 2.24) is 14.3 Å². The summed E-state index contributed by atoms with van der Waals surface area (Å²) in [5.74, 6) is 0. The number of hydrogen-bond acceptors (Lipinski definition) is 4. The second kappa shape index (κ2) is 6.49. The van der Waals surface area contributed by atoms with Crippen molar-refractivity contribution < 1.29 is 0 Å². The maximum Gasteiger partial charge on any atom is 0.259 e. The van der Waals surface area contributed by atoms with E-state index in [1.807, 2.05) is 35.7 Å². The van der Waals surface area contributed by atoms with Crippen molar-refractivity contribution in [2.75, 3.05) is 6.54 Å². The SMILES string of the molecule is C[C@@H]1CCCCN1Cc1cc(=O)n2c(-c3ccccc3)csc2n1. The first kappa shape index (κ1) is 15.5. The van der Waals surface area contributed by atoms with Crippen molar-refractivity contribution in [3.63, 3.8) is 0 Å². The lowest BCUT2D eigenvalue weighted by Gasteiger charge is -2.32. The van der Waals surface area contributed by atoms with Crippen LogP contribution in [0.15, 0.2) is 46.6 Å². The highest BCUT2D eigenvalue weighted by Crippen LogP contribution is 2.24. The Morgan fingerprint density at radius 3 is 2.88 bits per heavy atom. The van der Waals surface area contributed by atoms with Crippen LogP contribution in [-0.2, 0) is 6.54 Å². The highest BCUT2D eigenvalue weighted by molar-refractivity contribution is 7.15. The molecule has 0 unspecified atom stereocenters. The number of benzene rings is 1. The van der Waals surface area contributed by atoms with Crippen LogP contribution in [0.4, 0.5) is 0 Å². The highest BCUT2D eigenvalue weighted by Gasteiger charge is 2.19. The second-order valence-electron chi connectivity index (χ2n) is 6.51. The number of rotatable bonds is 3. The number of likely N-dealkylation sites (tertiary alicyclic amines) is 1. The summed E-state index contributed by atoms with van der Waals surface area (Å²) in [5.41, 5.74) is 2.87. The molecule has 3 heterocycles. The number of hydrogen-bond donors (Lipinski definition) is 0. The fourth-order valence-electron chi connectivity index (χ4n) is 3.46. The van der Waals surface area contributed by atoms with E-state index in [2.05, 4.69) is 11.8 Å². The fourth-order valence-corrected chi connectivity index (χ4v) is 4.38. The lowest BCUT2D eigenvalue weighted by atomic mass is 10.0. The van der Waals surface area contributed by atoms with Crippen LogP contribution in [0.1, 0.15) is 31.9 Å². The Bertz CT molecular complexity index is 900. The molecule has 1 aliphatic heterocycles. The third kappa shape index (κ3) is 2.89. The standard InChI is InChI=1S/C19H21N3OS/c1-14-7-5-6-10-21(14)12-16-11-18(23)22-17(13-24-19(22)20-16)15-8-3-2-4-9-15/h2-4,8-9,11,13-14H,5-7,10,12H2,1H3/t14-/m1/s1. The molecule has 5 heteroatoms. The van der Waals surface area contributed by atoms with Crippen LogP contribution in [0.5, 0.6) is 0 Å². The minimum absolute atomic E-state index is 0.0137. The highest BCUT2D eigenvalue weighted by atomic mass is 32.1. The molecule has 0 saturated carbocycles. The van der Waals surface area contributed by atoms with Crippen molar-refractivity contribution in [1.29, 1.82) is 0 Å². The molecule has 0 radical (unpaired) electrons. The summed E-state index contributed by atoms with van der Waals surface area (Å²) in [6, 6.07) is 12.3. The Hall–Kier alpha value is -1.98. The van der Waals surface area contributed by atoms with Gasteiger partial charge in [-0.2, -0.15) is 0 Å². The van der Waals surface area contributed by atoms with Crippen LogP contribution in [0.3, 0.4) is 0 Å². The Labute approximate surface area is 145 Å². The van der Waals surface area contributed by atoms with E-state index in [-0.39, 0.29) is 5.56 Å². The van der Waals surface area contributed by atoms with Crippen molar-refractivity contribution in [3.8, 4) is 11.3 Å². The molecule has 3 aromatic rings. The van der Waals surface area contributed by atoms with E-state index in [9.17, 15) is 4.79 Å². The van der Waals surface area contributed by atoms with Gasteiger partial charge in [0.05, 0.1) is 11.4 Å². The van der Waals surface area contributed by atoms with Crippen LogP contribution < -0.4 is 5.56 Å². The Balaban J connectivity index is 1.70. The molecule has 4 rings (SSSR count). The summed E-state index contributed by atoms with van der Waals surface area (Å²) < 4.78 is 1.73. The monoisotopic (exact) mass is 339 g/mol. The predicted octanol–water partition coefficient (Wildman–Crippen LogP) is 3.80. The van der Waals surface area contributed by atoms with Gasteiger partial charge in [0.2, 0.25) is 0 Å². The zero-order valence-electron chi connectivity index (χ0n) is 13.8. The summed E-state index contributed by atoms with van der Waals surface area (Å²) in [6.07, 6.45) is 3.78. The summed E-state index contributed by atoms with van der Waals surface area (Å²) >= 11 is 1.53. The molecule has 0 spiro atoms. The number of thiazole rings is 1. The van der Waals surface area contributed by atoms with Gasteiger partial charge in [-0.05, 0) is 31.9 Å². The second-order valence-corrected chi connectivity index (χ2v) is 7.34. The molecular formula is C19H21N3OS. The van der Waals surface area contributed by atoms with Gasteiger partial charge in [-0.3, -0.25) is 14.1 Å². The van der Waals surface area contributed by atoms with Crippen LogP contribution in [0, 0.1) is 0 Å². The van der Waals surface area contributed by atoms with E-state index in [0.717, 1.165) is 35.0 Å². The first-order valence-corrected chi connectivity index (χ1v) is 9.40. The number of piperidine rings is 1.